The van der Waals surface area contributed by atoms with Gasteiger partial charge in [0.2, 0.25) is 0 Å². The number of anilines is 2. The second-order valence-corrected chi connectivity index (χ2v) is 8.31. The third kappa shape index (κ3) is 3.50. The van der Waals surface area contributed by atoms with Gasteiger partial charge in [-0.3, -0.25) is 4.79 Å². The average Bonchev–Trinajstić information content (AvgIpc) is 3.18. The van der Waals surface area contributed by atoms with Crippen molar-refractivity contribution in [3.05, 3.63) is 81.5 Å². The van der Waals surface area contributed by atoms with Crippen molar-refractivity contribution in [3.63, 3.8) is 0 Å². The molecule has 2 heterocycles. The molecule has 4 rings (SSSR count). The maximum atomic E-state index is 13.1. The van der Waals surface area contributed by atoms with Gasteiger partial charge >= 0.3 is 0 Å². The van der Waals surface area contributed by atoms with Crippen LogP contribution in [0.25, 0.3) is 0 Å². The van der Waals surface area contributed by atoms with Gasteiger partial charge in [0, 0.05) is 17.4 Å². The second-order valence-electron chi connectivity index (χ2n) is 7.36. The first-order valence-electron chi connectivity index (χ1n) is 9.34. The van der Waals surface area contributed by atoms with E-state index in [2.05, 4.69) is 68.6 Å². The quantitative estimate of drug-likeness (QED) is 0.612. The van der Waals surface area contributed by atoms with Gasteiger partial charge in [0.05, 0.1) is 10.9 Å². The van der Waals surface area contributed by atoms with Gasteiger partial charge in [0.25, 0.3) is 5.91 Å². The van der Waals surface area contributed by atoms with Crippen LogP contribution in [-0.2, 0) is 0 Å². The molecule has 2 aromatic carbocycles. The van der Waals surface area contributed by atoms with Crippen LogP contribution in [0.5, 0.6) is 0 Å². The zero-order chi connectivity index (χ0) is 19.0. The summed E-state index contributed by atoms with van der Waals surface area (Å²) in [5.41, 5.74) is 5.79. The van der Waals surface area contributed by atoms with E-state index in [4.69, 9.17) is 0 Å². The van der Waals surface area contributed by atoms with Crippen LogP contribution >= 0.6 is 11.3 Å². The SMILES string of the molecule is Cc1ccc(N[C@@H]2C[C@H](C)N(C(=O)c3cccs3)c3ccc(C)cc32)cc1. The van der Waals surface area contributed by atoms with Crippen molar-refractivity contribution in [1.29, 1.82) is 0 Å². The highest BCUT2D eigenvalue weighted by molar-refractivity contribution is 7.12. The summed E-state index contributed by atoms with van der Waals surface area (Å²) < 4.78 is 0. The molecule has 0 aliphatic carbocycles. The number of rotatable bonds is 3. The van der Waals surface area contributed by atoms with E-state index < -0.39 is 0 Å². The summed E-state index contributed by atoms with van der Waals surface area (Å²) in [6.07, 6.45) is 0.876. The third-order valence-electron chi connectivity index (χ3n) is 5.18. The van der Waals surface area contributed by atoms with Gasteiger partial charge in [-0.15, -0.1) is 11.3 Å². The molecule has 1 N–H and O–H groups in total. The summed E-state index contributed by atoms with van der Waals surface area (Å²) in [4.78, 5) is 15.9. The van der Waals surface area contributed by atoms with E-state index in [0.29, 0.717) is 0 Å². The minimum atomic E-state index is 0.0939. The molecule has 0 radical (unpaired) electrons. The third-order valence-corrected chi connectivity index (χ3v) is 6.04. The van der Waals surface area contributed by atoms with Crippen molar-refractivity contribution in [2.75, 3.05) is 10.2 Å². The number of carbonyl (C=O) groups excluding carboxylic acids is 1. The molecule has 0 bridgehead atoms. The smallest absolute Gasteiger partial charge is 0.268 e. The maximum Gasteiger partial charge on any atom is 0.268 e. The Morgan fingerprint density at radius 2 is 1.81 bits per heavy atom. The fourth-order valence-electron chi connectivity index (χ4n) is 3.80. The first-order chi connectivity index (χ1) is 13.0. The molecule has 1 amide bonds. The molecule has 1 aliphatic heterocycles. The van der Waals surface area contributed by atoms with E-state index >= 15 is 0 Å². The number of carbonyl (C=O) groups is 1. The summed E-state index contributed by atoms with van der Waals surface area (Å²) >= 11 is 1.50. The lowest BCUT2D eigenvalue weighted by Gasteiger charge is -2.40. The number of hydrogen-bond donors (Lipinski definition) is 1. The van der Waals surface area contributed by atoms with Gasteiger partial charge in [-0.05, 0) is 62.4 Å². The molecule has 0 spiro atoms. The van der Waals surface area contributed by atoms with Crippen molar-refractivity contribution in [2.24, 2.45) is 0 Å². The Kier molecular flexibility index (Phi) is 4.75. The molecule has 0 saturated heterocycles. The fourth-order valence-corrected chi connectivity index (χ4v) is 4.46. The zero-order valence-corrected chi connectivity index (χ0v) is 16.7. The molecule has 4 heteroatoms. The normalized spacial score (nSPS) is 18.9. The summed E-state index contributed by atoms with van der Waals surface area (Å²) in [6.45, 7) is 6.34. The molecule has 0 fully saturated rings. The van der Waals surface area contributed by atoms with Crippen LogP contribution in [0.1, 0.15) is 45.7 Å². The van der Waals surface area contributed by atoms with Crippen LogP contribution in [-0.4, -0.2) is 11.9 Å². The lowest BCUT2D eigenvalue weighted by Crippen LogP contribution is -2.44. The van der Waals surface area contributed by atoms with Crippen molar-refractivity contribution < 1.29 is 4.79 Å². The topological polar surface area (TPSA) is 32.3 Å². The fraction of sp³-hybridized carbons (Fsp3) is 0.261. The van der Waals surface area contributed by atoms with Gasteiger partial charge in [-0.2, -0.15) is 0 Å². The highest BCUT2D eigenvalue weighted by atomic mass is 32.1. The van der Waals surface area contributed by atoms with E-state index in [9.17, 15) is 4.79 Å². The first kappa shape index (κ1) is 17.8. The van der Waals surface area contributed by atoms with Crippen molar-refractivity contribution in [3.8, 4) is 0 Å². The molecule has 1 aromatic heterocycles. The number of fused-ring (bicyclic) bond motifs is 1. The highest BCUT2D eigenvalue weighted by Crippen LogP contribution is 2.40. The maximum absolute atomic E-state index is 13.1. The minimum Gasteiger partial charge on any atom is -0.378 e. The Morgan fingerprint density at radius 3 is 2.52 bits per heavy atom. The van der Waals surface area contributed by atoms with Crippen molar-refractivity contribution in [2.45, 2.75) is 39.3 Å². The van der Waals surface area contributed by atoms with E-state index in [1.54, 1.807) is 0 Å². The van der Waals surface area contributed by atoms with Crippen LogP contribution < -0.4 is 10.2 Å². The standard InChI is InChI=1S/C23H24N2OS/c1-15-6-9-18(10-7-15)24-20-14-17(3)25(23(26)22-5-4-12-27-22)21-11-8-16(2)13-19(20)21/h4-13,17,20,24H,14H2,1-3H3/t17-,20+/m0/s1. The van der Waals surface area contributed by atoms with E-state index in [1.165, 1.54) is 28.0 Å². The minimum absolute atomic E-state index is 0.0939. The van der Waals surface area contributed by atoms with Crippen LogP contribution in [0.4, 0.5) is 11.4 Å². The molecular formula is C23H24N2OS. The Morgan fingerprint density at radius 1 is 1.07 bits per heavy atom. The van der Waals surface area contributed by atoms with E-state index in [0.717, 1.165) is 22.7 Å². The number of aryl methyl sites for hydroxylation is 2. The Balaban J connectivity index is 1.71. The summed E-state index contributed by atoms with van der Waals surface area (Å²) in [5, 5.41) is 5.64. The summed E-state index contributed by atoms with van der Waals surface area (Å²) in [7, 11) is 0. The second kappa shape index (κ2) is 7.20. The molecule has 138 valence electrons. The highest BCUT2D eigenvalue weighted by Gasteiger charge is 2.34. The Hall–Kier alpha value is -2.59. The molecule has 0 saturated carbocycles. The number of amides is 1. The molecular weight excluding hydrogens is 352 g/mol. The number of nitrogens with zero attached hydrogens (tertiary/aromatic N) is 1. The molecule has 3 aromatic rings. The number of benzene rings is 2. The van der Waals surface area contributed by atoms with E-state index in [-0.39, 0.29) is 18.0 Å². The lowest BCUT2D eigenvalue weighted by atomic mass is 9.90. The van der Waals surface area contributed by atoms with Gasteiger partial charge in [0.15, 0.2) is 0 Å². The van der Waals surface area contributed by atoms with Gasteiger partial charge in [0.1, 0.15) is 0 Å². The van der Waals surface area contributed by atoms with Crippen molar-refractivity contribution >= 4 is 28.6 Å². The van der Waals surface area contributed by atoms with Crippen LogP contribution in [0.3, 0.4) is 0 Å². The Bertz CT molecular complexity index is 947. The van der Waals surface area contributed by atoms with Crippen molar-refractivity contribution in [1.82, 2.24) is 0 Å². The van der Waals surface area contributed by atoms with Gasteiger partial charge in [-0.1, -0.05) is 41.5 Å². The molecule has 2 atom stereocenters. The van der Waals surface area contributed by atoms with Crippen LogP contribution in [0.2, 0.25) is 0 Å². The van der Waals surface area contributed by atoms with Gasteiger partial charge in [-0.25, -0.2) is 0 Å². The molecule has 0 unspecified atom stereocenters. The number of hydrogen-bond acceptors (Lipinski definition) is 3. The largest absolute Gasteiger partial charge is 0.378 e. The monoisotopic (exact) mass is 376 g/mol. The predicted octanol–water partition coefficient (Wildman–Crippen LogP) is 5.96. The number of thiophene rings is 1. The summed E-state index contributed by atoms with van der Waals surface area (Å²) in [6, 6.07) is 19.0. The molecule has 1 aliphatic rings. The zero-order valence-electron chi connectivity index (χ0n) is 15.9. The first-order valence-corrected chi connectivity index (χ1v) is 10.2. The lowest BCUT2D eigenvalue weighted by molar-refractivity contribution is 0.0978. The van der Waals surface area contributed by atoms with Gasteiger partial charge < -0.3 is 10.2 Å². The number of nitrogens with one attached hydrogen (secondary N) is 1. The van der Waals surface area contributed by atoms with Crippen LogP contribution in [0.15, 0.2) is 60.0 Å². The van der Waals surface area contributed by atoms with E-state index in [1.807, 2.05) is 22.4 Å². The average molecular weight is 377 g/mol. The van der Waals surface area contributed by atoms with Crippen LogP contribution in [0, 0.1) is 13.8 Å². The summed E-state index contributed by atoms with van der Waals surface area (Å²) in [5.74, 6) is 0.0939. The molecule has 27 heavy (non-hydrogen) atoms. The molecule has 3 nitrogen and oxygen atoms in total. The Labute approximate surface area is 164 Å². The predicted molar refractivity (Wildman–Crippen MR) is 114 cm³/mol.